The molecule has 0 unspecified atom stereocenters. The molecule has 0 heterocycles. The Kier molecular flexibility index (Phi) is 8.55. The smallest absolute Gasteiger partial charge is 0.191 e. The minimum Gasteiger partial charge on any atom is -0.493 e. The Hall–Kier alpha value is -1.02. The predicted molar refractivity (Wildman–Crippen MR) is 100.0 cm³/mol. The highest BCUT2D eigenvalue weighted by Gasteiger charge is 2.27. The Balaban J connectivity index is 0.00000242. The van der Waals surface area contributed by atoms with Crippen LogP contribution in [0.4, 0.5) is 0 Å². The zero-order valence-electron chi connectivity index (χ0n) is 13.3. The lowest BCUT2D eigenvalue weighted by Gasteiger charge is -2.16. The molecule has 2 rings (SSSR count). The Bertz CT molecular complexity index is 478. The van der Waals surface area contributed by atoms with Crippen LogP contribution in [-0.4, -0.2) is 44.3 Å². The zero-order chi connectivity index (χ0) is 15.1. The molecule has 0 bridgehead atoms. The van der Waals surface area contributed by atoms with E-state index in [9.17, 15) is 0 Å². The third-order valence-corrected chi connectivity index (χ3v) is 3.54. The van der Waals surface area contributed by atoms with Gasteiger partial charge in [0.25, 0.3) is 0 Å². The molecule has 1 aliphatic carbocycles. The Morgan fingerprint density at radius 2 is 2.14 bits per heavy atom. The summed E-state index contributed by atoms with van der Waals surface area (Å²) in [7, 11) is 3.70. The number of halogens is 1. The number of hydrogen-bond donors (Lipinski definition) is 1. The van der Waals surface area contributed by atoms with E-state index in [2.05, 4.69) is 9.89 Å². The zero-order valence-corrected chi connectivity index (χ0v) is 15.7. The summed E-state index contributed by atoms with van der Waals surface area (Å²) >= 11 is 0. The number of methoxy groups -OCH3 is 1. The lowest BCUT2D eigenvalue weighted by atomic mass is 10.2. The van der Waals surface area contributed by atoms with Crippen molar-refractivity contribution in [1.82, 2.24) is 4.90 Å². The number of guanidine groups is 1. The van der Waals surface area contributed by atoms with Crippen molar-refractivity contribution in [3.8, 4) is 5.75 Å². The van der Waals surface area contributed by atoms with Gasteiger partial charge in [0.1, 0.15) is 5.75 Å². The van der Waals surface area contributed by atoms with E-state index >= 15 is 0 Å². The number of aliphatic imine (C=N–C) groups is 1. The molecular formula is C16H26IN3O2. The van der Waals surface area contributed by atoms with Crippen molar-refractivity contribution in [3.63, 3.8) is 0 Å². The van der Waals surface area contributed by atoms with E-state index in [1.807, 2.05) is 31.3 Å². The maximum atomic E-state index is 5.99. The predicted octanol–water partition coefficient (Wildman–Crippen LogP) is 2.63. The second-order valence-electron chi connectivity index (χ2n) is 5.36. The van der Waals surface area contributed by atoms with Crippen LogP contribution in [0.2, 0.25) is 0 Å². The van der Waals surface area contributed by atoms with Gasteiger partial charge >= 0.3 is 0 Å². The number of benzene rings is 1. The third-order valence-electron chi connectivity index (χ3n) is 3.54. The van der Waals surface area contributed by atoms with Gasteiger partial charge in [-0.25, -0.2) is 4.99 Å². The largest absolute Gasteiger partial charge is 0.493 e. The van der Waals surface area contributed by atoms with Crippen molar-refractivity contribution in [1.29, 1.82) is 0 Å². The lowest BCUT2D eigenvalue weighted by molar-refractivity contribution is 0.172. The fourth-order valence-corrected chi connectivity index (χ4v) is 2.06. The van der Waals surface area contributed by atoms with Gasteiger partial charge in [-0.05, 0) is 30.5 Å². The summed E-state index contributed by atoms with van der Waals surface area (Å²) in [6.45, 7) is 1.96. The quantitative estimate of drug-likeness (QED) is 0.305. The summed E-state index contributed by atoms with van der Waals surface area (Å²) in [5.74, 6) is 1.48. The van der Waals surface area contributed by atoms with Crippen molar-refractivity contribution in [3.05, 3.63) is 29.8 Å². The maximum Gasteiger partial charge on any atom is 0.191 e. The van der Waals surface area contributed by atoms with Crippen molar-refractivity contribution in [2.45, 2.75) is 31.8 Å². The highest BCUT2D eigenvalue weighted by atomic mass is 127. The molecule has 1 aromatic rings. The molecule has 0 aliphatic heterocycles. The second kappa shape index (κ2) is 9.89. The van der Waals surface area contributed by atoms with Crippen LogP contribution in [-0.2, 0) is 11.3 Å². The van der Waals surface area contributed by atoms with E-state index in [0.29, 0.717) is 31.8 Å². The van der Waals surface area contributed by atoms with E-state index in [-0.39, 0.29) is 24.0 Å². The molecule has 1 aromatic carbocycles. The summed E-state index contributed by atoms with van der Waals surface area (Å²) in [4.78, 5) is 6.51. The molecule has 0 radical (unpaired) electrons. The van der Waals surface area contributed by atoms with Crippen molar-refractivity contribution >= 4 is 29.9 Å². The molecule has 0 aromatic heterocycles. The van der Waals surface area contributed by atoms with Crippen molar-refractivity contribution < 1.29 is 9.47 Å². The van der Waals surface area contributed by atoms with E-state index in [0.717, 1.165) is 17.7 Å². The normalized spacial score (nSPS) is 14.4. The van der Waals surface area contributed by atoms with Crippen LogP contribution in [0, 0.1) is 0 Å². The number of rotatable bonds is 8. The maximum absolute atomic E-state index is 5.99. The molecule has 1 saturated carbocycles. The average Bonchev–Trinajstić information content (AvgIpc) is 3.34. The van der Waals surface area contributed by atoms with Gasteiger partial charge in [-0.2, -0.15) is 0 Å². The first-order chi connectivity index (χ1) is 10.2. The van der Waals surface area contributed by atoms with Crippen molar-refractivity contribution in [2.24, 2.45) is 10.7 Å². The monoisotopic (exact) mass is 419 g/mol. The molecule has 1 fully saturated rings. The fourth-order valence-electron chi connectivity index (χ4n) is 2.06. The first-order valence-corrected chi connectivity index (χ1v) is 7.44. The van der Waals surface area contributed by atoms with Gasteiger partial charge in [-0.15, -0.1) is 24.0 Å². The van der Waals surface area contributed by atoms with Gasteiger partial charge in [-0.1, -0.05) is 12.1 Å². The van der Waals surface area contributed by atoms with E-state index in [1.165, 1.54) is 12.8 Å². The van der Waals surface area contributed by atoms with Crippen LogP contribution in [0.15, 0.2) is 29.3 Å². The van der Waals surface area contributed by atoms with Gasteiger partial charge < -0.3 is 20.1 Å². The first-order valence-electron chi connectivity index (χ1n) is 7.44. The SMILES string of the molecule is COCCCOc1cccc(CN=C(N)N(C)C2CC2)c1.I. The topological polar surface area (TPSA) is 60.1 Å². The first kappa shape index (κ1) is 19.0. The Morgan fingerprint density at radius 1 is 1.36 bits per heavy atom. The molecule has 0 amide bonds. The molecule has 0 spiro atoms. The van der Waals surface area contributed by atoms with Crippen LogP contribution in [0.3, 0.4) is 0 Å². The summed E-state index contributed by atoms with van der Waals surface area (Å²) < 4.78 is 10.7. The summed E-state index contributed by atoms with van der Waals surface area (Å²) in [5.41, 5.74) is 7.09. The average molecular weight is 419 g/mol. The van der Waals surface area contributed by atoms with E-state index in [1.54, 1.807) is 7.11 Å². The number of ether oxygens (including phenoxy) is 2. The minimum atomic E-state index is 0. The van der Waals surface area contributed by atoms with Gasteiger partial charge in [0, 0.05) is 33.2 Å². The third kappa shape index (κ3) is 6.39. The van der Waals surface area contributed by atoms with Crippen LogP contribution in [0.25, 0.3) is 0 Å². The number of hydrogen-bond acceptors (Lipinski definition) is 3. The van der Waals surface area contributed by atoms with Crippen LogP contribution in [0.1, 0.15) is 24.8 Å². The highest BCUT2D eigenvalue weighted by Crippen LogP contribution is 2.25. The van der Waals surface area contributed by atoms with Gasteiger partial charge in [-0.3, -0.25) is 0 Å². The molecular weight excluding hydrogens is 393 g/mol. The highest BCUT2D eigenvalue weighted by molar-refractivity contribution is 14.0. The number of nitrogens with two attached hydrogens (primary N) is 1. The van der Waals surface area contributed by atoms with Crippen LogP contribution >= 0.6 is 24.0 Å². The summed E-state index contributed by atoms with van der Waals surface area (Å²) in [5, 5.41) is 0. The Labute approximate surface area is 149 Å². The van der Waals surface area contributed by atoms with Crippen molar-refractivity contribution in [2.75, 3.05) is 27.4 Å². The van der Waals surface area contributed by atoms with Gasteiger partial charge in [0.2, 0.25) is 0 Å². The summed E-state index contributed by atoms with van der Waals surface area (Å²) in [6.07, 6.45) is 3.33. The minimum absolute atomic E-state index is 0. The molecule has 0 atom stereocenters. The molecule has 1 aliphatic rings. The van der Waals surface area contributed by atoms with Gasteiger partial charge in [0.15, 0.2) is 5.96 Å². The Morgan fingerprint density at radius 3 is 2.82 bits per heavy atom. The number of nitrogens with zero attached hydrogens (tertiary/aromatic N) is 2. The molecule has 6 heteroatoms. The summed E-state index contributed by atoms with van der Waals surface area (Å²) in [6, 6.07) is 8.58. The molecule has 124 valence electrons. The molecule has 22 heavy (non-hydrogen) atoms. The van der Waals surface area contributed by atoms with E-state index < -0.39 is 0 Å². The van der Waals surface area contributed by atoms with Crippen LogP contribution in [0.5, 0.6) is 5.75 Å². The lowest BCUT2D eigenvalue weighted by Crippen LogP contribution is -2.35. The second-order valence-corrected chi connectivity index (χ2v) is 5.36. The fraction of sp³-hybridized carbons (Fsp3) is 0.562. The molecule has 2 N–H and O–H groups in total. The van der Waals surface area contributed by atoms with Crippen LogP contribution < -0.4 is 10.5 Å². The van der Waals surface area contributed by atoms with E-state index in [4.69, 9.17) is 15.2 Å². The molecule has 5 nitrogen and oxygen atoms in total. The standard InChI is InChI=1S/C16H25N3O2.HI/c1-19(14-7-8-14)16(17)18-12-13-5-3-6-15(11-13)21-10-4-9-20-2;/h3,5-6,11,14H,4,7-10,12H2,1-2H3,(H2,17,18);1H. The van der Waals surface area contributed by atoms with Gasteiger partial charge in [0.05, 0.1) is 13.2 Å². The molecule has 0 saturated heterocycles.